The fraction of sp³-hybridized carbons (Fsp3) is 0.667. The predicted molar refractivity (Wildman–Crippen MR) is 54.2 cm³/mol. The number of hydrogen-bond acceptors (Lipinski definition) is 5. The van der Waals surface area contributed by atoms with Crippen molar-refractivity contribution >= 4 is 17.8 Å². The summed E-state index contributed by atoms with van der Waals surface area (Å²) in [6, 6.07) is -1.49. The number of amides is 1. The van der Waals surface area contributed by atoms with Crippen molar-refractivity contribution in [3.8, 4) is 0 Å². The SMILES string of the molecule is NC1(C(=O)NC(CC(=O)O)C(=O)O)CCOC1. The molecule has 0 radical (unpaired) electrons. The molecular formula is C9H14N2O6. The first kappa shape index (κ1) is 13.4. The van der Waals surface area contributed by atoms with Gasteiger partial charge >= 0.3 is 11.9 Å². The Morgan fingerprint density at radius 1 is 1.41 bits per heavy atom. The molecule has 1 rings (SSSR count). The van der Waals surface area contributed by atoms with Crippen molar-refractivity contribution in [2.24, 2.45) is 5.73 Å². The van der Waals surface area contributed by atoms with Crippen LogP contribution in [0.2, 0.25) is 0 Å². The van der Waals surface area contributed by atoms with Gasteiger partial charge in [-0.05, 0) is 6.42 Å². The quantitative estimate of drug-likeness (QED) is 0.446. The van der Waals surface area contributed by atoms with Crippen LogP contribution in [0.15, 0.2) is 0 Å². The summed E-state index contributed by atoms with van der Waals surface area (Å²) < 4.78 is 4.95. The molecule has 0 saturated carbocycles. The van der Waals surface area contributed by atoms with Gasteiger partial charge in [0.05, 0.1) is 13.0 Å². The molecule has 17 heavy (non-hydrogen) atoms. The summed E-state index contributed by atoms with van der Waals surface area (Å²) in [6.07, 6.45) is -0.420. The normalized spacial score (nSPS) is 25.2. The third-order valence-electron chi connectivity index (χ3n) is 2.49. The van der Waals surface area contributed by atoms with Gasteiger partial charge in [0.15, 0.2) is 0 Å². The van der Waals surface area contributed by atoms with Crippen molar-refractivity contribution in [3.05, 3.63) is 0 Å². The Bertz CT molecular complexity index is 336. The standard InChI is InChI=1S/C9H14N2O6/c10-9(1-2-17-4-9)8(16)11-5(7(14)15)3-6(12)13/h5H,1-4,10H2,(H,11,16)(H,12,13)(H,14,15). The van der Waals surface area contributed by atoms with E-state index in [-0.39, 0.29) is 13.0 Å². The molecule has 1 aliphatic rings. The van der Waals surface area contributed by atoms with Gasteiger partial charge in [0.2, 0.25) is 5.91 Å². The highest BCUT2D eigenvalue weighted by Crippen LogP contribution is 2.15. The Balaban J connectivity index is 2.63. The van der Waals surface area contributed by atoms with Crippen LogP contribution in [0.3, 0.4) is 0 Å². The minimum atomic E-state index is -1.49. The van der Waals surface area contributed by atoms with Crippen molar-refractivity contribution in [2.45, 2.75) is 24.4 Å². The Morgan fingerprint density at radius 3 is 2.47 bits per heavy atom. The smallest absolute Gasteiger partial charge is 0.326 e. The summed E-state index contributed by atoms with van der Waals surface area (Å²) >= 11 is 0. The molecule has 2 atom stereocenters. The molecule has 1 fully saturated rings. The number of carboxylic acids is 2. The summed E-state index contributed by atoms with van der Waals surface area (Å²) in [6.45, 7) is 0.318. The Hall–Kier alpha value is -1.67. The van der Waals surface area contributed by atoms with E-state index in [0.717, 1.165) is 0 Å². The average Bonchev–Trinajstić information content (AvgIpc) is 2.64. The highest BCUT2D eigenvalue weighted by molar-refractivity contribution is 5.91. The molecule has 5 N–H and O–H groups in total. The number of carbonyl (C=O) groups is 3. The van der Waals surface area contributed by atoms with Crippen LogP contribution in [0, 0.1) is 0 Å². The third kappa shape index (κ3) is 3.40. The Labute approximate surface area is 96.7 Å². The molecule has 0 spiro atoms. The minimum absolute atomic E-state index is 0.00174. The molecule has 1 amide bonds. The maximum atomic E-state index is 11.7. The molecule has 8 nitrogen and oxygen atoms in total. The Morgan fingerprint density at radius 2 is 2.06 bits per heavy atom. The van der Waals surface area contributed by atoms with Crippen molar-refractivity contribution in [1.29, 1.82) is 0 Å². The molecule has 96 valence electrons. The summed E-state index contributed by atoms with van der Waals surface area (Å²) in [5.41, 5.74) is 4.43. The fourth-order valence-corrected chi connectivity index (χ4v) is 1.44. The topological polar surface area (TPSA) is 139 Å². The first-order valence-electron chi connectivity index (χ1n) is 4.97. The number of aliphatic carboxylic acids is 2. The van der Waals surface area contributed by atoms with E-state index in [2.05, 4.69) is 5.32 Å². The zero-order chi connectivity index (χ0) is 13.1. The lowest BCUT2D eigenvalue weighted by atomic mass is 9.98. The molecular weight excluding hydrogens is 232 g/mol. The second-order valence-corrected chi connectivity index (χ2v) is 3.92. The van der Waals surface area contributed by atoms with Crippen LogP contribution in [-0.4, -0.2) is 52.9 Å². The maximum Gasteiger partial charge on any atom is 0.326 e. The van der Waals surface area contributed by atoms with Crippen LogP contribution in [0.25, 0.3) is 0 Å². The van der Waals surface area contributed by atoms with Gasteiger partial charge in [-0.1, -0.05) is 0 Å². The van der Waals surface area contributed by atoms with Crippen LogP contribution in [0.5, 0.6) is 0 Å². The molecule has 0 aromatic carbocycles. The number of nitrogens with one attached hydrogen (secondary N) is 1. The molecule has 8 heteroatoms. The van der Waals surface area contributed by atoms with Gasteiger partial charge in [-0.2, -0.15) is 0 Å². The lowest BCUT2D eigenvalue weighted by Gasteiger charge is -2.23. The number of ether oxygens (including phenoxy) is 1. The van der Waals surface area contributed by atoms with Crippen molar-refractivity contribution in [3.63, 3.8) is 0 Å². The van der Waals surface area contributed by atoms with E-state index in [9.17, 15) is 14.4 Å². The summed E-state index contributed by atoms with van der Waals surface area (Å²) in [5.74, 6) is -3.43. The molecule has 1 aliphatic heterocycles. The van der Waals surface area contributed by atoms with Gasteiger partial charge in [-0.25, -0.2) is 4.79 Å². The van der Waals surface area contributed by atoms with Gasteiger partial charge in [-0.15, -0.1) is 0 Å². The van der Waals surface area contributed by atoms with Crippen LogP contribution in [0.4, 0.5) is 0 Å². The van der Waals surface area contributed by atoms with Crippen molar-refractivity contribution in [1.82, 2.24) is 5.32 Å². The Kier molecular flexibility index (Phi) is 4.02. The van der Waals surface area contributed by atoms with Crippen LogP contribution in [0.1, 0.15) is 12.8 Å². The molecule has 0 aliphatic carbocycles. The fourth-order valence-electron chi connectivity index (χ4n) is 1.44. The first-order valence-corrected chi connectivity index (χ1v) is 4.97. The third-order valence-corrected chi connectivity index (χ3v) is 2.49. The lowest BCUT2D eigenvalue weighted by molar-refractivity contribution is -0.147. The zero-order valence-electron chi connectivity index (χ0n) is 9.01. The predicted octanol–water partition coefficient (Wildman–Crippen LogP) is -1.85. The summed E-state index contributed by atoms with van der Waals surface area (Å²) in [4.78, 5) is 32.9. The van der Waals surface area contributed by atoms with Crippen LogP contribution in [-0.2, 0) is 19.1 Å². The van der Waals surface area contributed by atoms with Gasteiger partial charge in [-0.3, -0.25) is 9.59 Å². The van der Waals surface area contributed by atoms with E-state index in [1.54, 1.807) is 0 Å². The largest absolute Gasteiger partial charge is 0.481 e. The van der Waals surface area contributed by atoms with Crippen LogP contribution >= 0.6 is 0 Å². The molecule has 1 saturated heterocycles. The van der Waals surface area contributed by atoms with E-state index in [4.69, 9.17) is 20.7 Å². The van der Waals surface area contributed by atoms with Gasteiger partial charge < -0.3 is 26.0 Å². The van der Waals surface area contributed by atoms with Gasteiger partial charge in [0.25, 0.3) is 0 Å². The van der Waals surface area contributed by atoms with Crippen LogP contribution < -0.4 is 11.1 Å². The number of nitrogens with two attached hydrogens (primary N) is 1. The molecule has 0 bridgehead atoms. The monoisotopic (exact) mass is 246 g/mol. The lowest BCUT2D eigenvalue weighted by Crippen LogP contribution is -2.58. The number of hydrogen-bond donors (Lipinski definition) is 4. The van der Waals surface area contributed by atoms with Gasteiger partial charge in [0.1, 0.15) is 11.6 Å². The summed E-state index contributed by atoms with van der Waals surface area (Å²) in [5, 5.41) is 19.4. The number of carbonyl (C=O) groups excluding carboxylic acids is 1. The minimum Gasteiger partial charge on any atom is -0.481 e. The second-order valence-electron chi connectivity index (χ2n) is 3.92. The van der Waals surface area contributed by atoms with Crippen molar-refractivity contribution < 1.29 is 29.3 Å². The maximum absolute atomic E-state index is 11.7. The van der Waals surface area contributed by atoms with Crippen molar-refractivity contribution in [2.75, 3.05) is 13.2 Å². The highest BCUT2D eigenvalue weighted by Gasteiger charge is 2.40. The molecule has 1 heterocycles. The average molecular weight is 246 g/mol. The summed E-state index contributed by atoms with van der Waals surface area (Å²) in [7, 11) is 0. The van der Waals surface area contributed by atoms with E-state index in [0.29, 0.717) is 6.61 Å². The second kappa shape index (κ2) is 5.11. The molecule has 2 unspecified atom stereocenters. The van der Waals surface area contributed by atoms with E-state index in [1.807, 2.05) is 0 Å². The van der Waals surface area contributed by atoms with E-state index >= 15 is 0 Å². The van der Waals surface area contributed by atoms with E-state index in [1.165, 1.54) is 0 Å². The molecule has 0 aromatic heterocycles. The number of rotatable bonds is 5. The molecule has 0 aromatic rings. The number of carboxylic acid groups (broad SMARTS) is 2. The zero-order valence-corrected chi connectivity index (χ0v) is 9.01. The van der Waals surface area contributed by atoms with Gasteiger partial charge in [0, 0.05) is 6.61 Å². The van der Waals surface area contributed by atoms with E-state index < -0.39 is 35.8 Å². The highest BCUT2D eigenvalue weighted by atomic mass is 16.5. The first-order chi connectivity index (χ1) is 7.85.